The van der Waals surface area contributed by atoms with Crippen LogP contribution in [0.2, 0.25) is 5.02 Å². The predicted molar refractivity (Wildman–Crippen MR) is 99.4 cm³/mol. The summed E-state index contributed by atoms with van der Waals surface area (Å²) in [6, 6.07) is 10.7. The number of carbonyl (C=O) groups is 2. The number of ether oxygens (including phenoxy) is 2. The number of halogens is 1. The summed E-state index contributed by atoms with van der Waals surface area (Å²) in [5.41, 5.74) is 7.38. The summed E-state index contributed by atoms with van der Waals surface area (Å²) in [4.78, 5) is 23.8. The van der Waals surface area contributed by atoms with Gasteiger partial charge >= 0.3 is 0 Å². The lowest BCUT2D eigenvalue weighted by Gasteiger charge is -2.11. The number of carbonyl (C=O) groups excluding carboxylic acids is 2. The van der Waals surface area contributed by atoms with Gasteiger partial charge in [0.05, 0.1) is 13.5 Å². The number of hydrazine groups is 1. The highest BCUT2D eigenvalue weighted by molar-refractivity contribution is 6.30. The smallest absolute Gasteiger partial charge is 0.276 e. The highest BCUT2D eigenvalue weighted by atomic mass is 35.5. The van der Waals surface area contributed by atoms with Gasteiger partial charge < -0.3 is 9.47 Å². The van der Waals surface area contributed by atoms with E-state index in [-0.39, 0.29) is 13.0 Å². The van der Waals surface area contributed by atoms with Crippen molar-refractivity contribution >= 4 is 23.4 Å². The molecule has 0 aliphatic heterocycles. The third kappa shape index (κ3) is 5.97. The molecule has 0 bridgehead atoms. The molecule has 138 valence electrons. The average molecular weight is 377 g/mol. The standard InChI is InChI=1S/C19H21ClN2O4/c1-12-6-13(2)8-16(7-12)26-11-19(24)22-21-18(23)10-14-9-15(20)4-5-17(14)25-3/h4-9H,10-11H2,1-3H3,(H,21,23)(H,22,24). The van der Waals surface area contributed by atoms with Crippen LogP contribution in [0.1, 0.15) is 16.7 Å². The van der Waals surface area contributed by atoms with Crippen molar-refractivity contribution in [2.75, 3.05) is 13.7 Å². The Morgan fingerprint density at radius 3 is 2.31 bits per heavy atom. The predicted octanol–water partition coefficient (Wildman–Crippen LogP) is 2.73. The zero-order chi connectivity index (χ0) is 19.1. The normalized spacial score (nSPS) is 10.2. The molecule has 2 N–H and O–H groups in total. The van der Waals surface area contributed by atoms with E-state index < -0.39 is 11.8 Å². The maximum Gasteiger partial charge on any atom is 0.276 e. The van der Waals surface area contributed by atoms with E-state index in [1.807, 2.05) is 32.0 Å². The number of benzene rings is 2. The maximum absolute atomic E-state index is 12.0. The number of aryl methyl sites for hydroxylation is 2. The first-order valence-corrected chi connectivity index (χ1v) is 8.36. The molecule has 0 saturated heterocycles. The second-order valence-electron chi connectivity index (χ2n) is 5.84. The molecule has 0 spiro atoms. The molecule has 0 saturated carbocycles. The second-order valence-corrected chi connectivity index (χ2v) is 6.28. The molecule has 6 nitrogen and oxygen atoms in total. The molecule has 2 rings (SSSR count). The van der Waals surface area contributed by atoms with E-state index in [0.717, 1.165) is 11.1 Å². The number of hydrogen-bond donors (Lipinski definition) is 2. The van der Waals surface area contributed by atoms with Crippen LogP contribution in [0.25, 0.3) is 0 Å². The van der Waals surface area contributed by atoms with Gasteiger partial charge in [0.15, 0.2) is 6.61 Å². The average Bonchev–Trinajstić information content (AvgIpc) is 2.57. The second kappa shape index (κ2) is 9.10. The zero-order valence-electron chi connectivity index (χ0n) is 14.9. The molecule has 0 aliphatic carbocycles. The fraction of sp³-hybridized carbons (Fsp3) is 0.263. The van der Waals surface area contributed by atoms with E-state index in [2.05, 4.69) is 10.9 Å². The lowest BCUT2D eigenvalue weighted by molar-refractivity contribution is -0.129. The zero-order valence-corrected chi connectivity index (χ0v) is 15.6. The maximum atomic E-state index is 12.0. The first-order valence-electron chi connectivity index (χ1n) is 7.98. The van der Waals surface area contributed by atoms with E-state index in [1.165, 1.54) is 7.11 Å². The molecule has 0 atom stereocenters. The topological polar surface area (TPSA) is 76.7 Å². The van der Waals surface area contributed by atoms with Crippen molar-refractivity contribution < 1.29 is 19.1 Å². The van der Waals surface area contributed by atoms with Gasteiger partial charge in [-0.2, -0.15) is 0 Å². The van der Waals surface area contributed by atoms with Gasteiger partial charge in [-0.15, -0.1) is 0 Å². The number of amides is 2. The van der Waals surface area contributed by atoms with Crippen LogP contribution in [0.15, 0.2) is 36.4 Å². The molecule has 0 heterocycles. The molecule has 0 fully saturated rings. The number of methoxy groups -OCH3 is 1. The van der Waals surface area contributed by atoms with Crippen molar-refractivity contribution in [3.63, 3.8) is 0 Å². The van der Waals surface area contributed by atoms with Crippen LogP contribution in [-0.4, -0.2) is 25.5 Å². The van der Waals surface area contributed by atoms with Gasteiger partial charge in [-0.1, -0.05) is 17.7 Å². The Bertz CT molecular complexity index is 788. The molecule has 0 aromatic heterocycles. The Kier molecular flexibility index (Phi) is 6.86. The molecule has 2 amide bonds. The van der Waals surface area contributed by atoms with Gasteiger partial charge in [-0.3, -0.25) is 20.4 Å². The summed E-state index contributed by atoms with van der Waals surface area (Å²) in [5, 5.41) is 0.500. The van der Waals surface area contributed by atoms with Crippen LogP contribution in [0.5, 0.6) is 11.5 Å². The Hall–Kier alpha value is -2.73. The summed E-state index contributed by atoms with van der Waals surface area (Å²) < 4.78 is 10.6. The van der Waals surface area contributed by atoms with Gasteiger partial charge in [0.25, 0.3) is 5.91 Å². The third-order valence-electron chi connectivity index (χ3n) is 3.50. The quantitative estimate of drug-likeness (QED) is 0.760. The van der Waals surface area contributed by atoms with Crippen molar-refractivity contribution in [3.8, 4) is 11.5 Å². The van der Waals surface area contributed by atoms with Crippen LogP contribution < -0.4 is 20.3 Å². The summed E-state index contributed by atoms with van der Waals surface area (Å²) in [5.74, 6) is 0.294. The van der Waals surface area contributed by atoms with Crippen molar-refractivity contribution in [2.45, 2.75) is 20.3 Å². The molecule has 0 radical (unpaired) electrons. The van der Waals surface area contributed by atoms with Crippen molar-refractivity contribution in [2.24, 2.45) is 0 Å². The highest BCUT2D eigenvalue weighted by Gasteiger charge is 2.11. The van der Waals surface area contributed by atoms with E-state index >= 15 is 0 Å². The van der Waals surface area contributed by atoms with Gasteiger partial charge in [-0.05, 0) is 55.3 Å². The molecule has 2 aromatic rings. The molecule has 7 heteroatoms. The summed E-state index contributed by atoms with van der Waals surface area (Å²) >= 11 is 5.93. The third-order valence-corrected chi connectivity index (χ3v) is 3.74. The monoisotopic (exact) mass is 376 g/mol. The van der Waals surface area contributed by atoms with Crippen molar-refractivity contribution in [1.29, 1.82) is 0 Å². The van der Waals surface area contributed by atoms with Gasteiger partial charge in [0.1, 0.15) is 11.5 Å². The fourth-order valence-electron chi connectivity index (χ4n) is 2.44. The first kappa shape index (κ1) is 19.6. The molecule has 26 heavy (non-hydrogen) atoms. The summed E-state index contributed by atoms with van der Waals surface area (Å²) in [7, 11) is 1.51. The van der Waals surface area contributed by atoms with E-state index in [4.69, 9.17) is 21.1 Å². The summed E-state index contributed by atoms with van der Waals surface area (Å²) in [6.45, 7) is 3.69. The van der Waals surface area contributed by atoms with Crippen LogP contribution in [0, 0.1) is 13.8 Å². The van der Waals surface area contributed by atoms with Crippen LogP contribution in [0.4, 0.5) is 0 Å². The van der Waals surface area contributed by atoms with Crippen LogP contribution >= 0.6 is 11.6 Å². The summed E-state index contributed by atoms with van der Waals surface area (Å²) in [6.07, 6.45) is 0.0158. The largest absolute Gasteiger partial charge is 0.496 e. The Balaban J connectivity index is 1.81. The minimum Gasteiger partial charge on any atom is -0.496 e. The Labute approximate surface area is 157 Å². The molecule has 0 aliphatic rings. The van der Waals surface area contributed by atoms with Crippen molar-refractivity contribution in [3.05, 3.63) is 58.1 Å². The molecule has 2 aromatic carbocycles. The minimum atomic E-state index is -0.462. The number of hydrogen-bond acceptors (Lipinski definition) is 4. The first-order chi connectivity index (χ1) is 12.4. The number of rotatable bonds is 6. The lowest BCUT2D eigenvalue weighted by Crippen LogP contribution is -2.44. The van der Waals surface area contributed by atoms with E-state index in [0.29, 0.717) is 22.1 Å². The molecule has 0 unspecified atom stereocenters. The van der Waals surface area contributed by atoms with Crippen LogP contribution in [0.3, 0.4) is 0 Å². The molecular weight excluding hydrogens is 356 g/mol. The minimum absolute atomic E-state index is 0.0158. The Morgan fingerprint density at radius 1 is 1.00 bits per heavy atom. The van der Waals surface area contributed by atoms with E-state index in [9.17, 15) is 9.59 Å². The van der Waals surface area contributed by atoms with Crippen molar-refractivity contribution in [1.82, 2.24) is 10.9 Å². The van der Waals surface area contributed by atoms with Crippen LogP contribution in [-0.2, 0) is 16.0 Å². The SMILES string of the molecule is COc1ccc(Cl)cc1CC(=O)NNC(=O)COc1cc(C)cc(C)c1. The van der Waals surface area contributed by atoms with Gasteiger partial charge in [0.2, 0.25) is 5.91 Å². The van der Waals surface area contributed by atoms with Gasteiger partial charge in [-0.25, -0.2) is 0 Å². The number of nitrogens with one attached hydrogen (secondary N) is 2. The van der Waals surface area contributed by atoms with Gasteiger partial charge in [0, 0.05) is 10.6 Å². The lowest BCUT2D eigenvalue weighted by atomic mass is 10.1. The molecular formula is C19H21ClN2O4. The Morgan fingerprint density at radius 2 is 1.65 bits per heavy atom. The fourth-order valence-corrected chi connectivity index (χ4v) is 2.64. The highest BCUT2D eigenvalue weighted by Crippen LogP contribution is 2.22. The van der Waals surface area contributed by atoms with E-state index in [1.54, 1.807) is 18.2 Å².